The van der Waals surface area contributed by atoms with Gasteiger partial charge in [-0.3, -0.25) is 0 Å². The average Bonchev–Trinajstić information content (AvgIpc) is 3.45. The lowest BCUT2D eigenvalue weighted by Gasteiger charge is -2.66. The zero-order valence-corrected chi connectivity index (χ0v) is 20.4. The van der Waals surface area contributed by atoms with Crippen molar-refractivity contribution in [3.8, 4) is 0 Å². The SMILES string of the molecule is CC.CC12CCC3(CC1CCC1C4CCC5(OCCO5)C4(C)C[C@](C)(O)[C@@H]12)OCCO3. The quantitative estimate of drug-likeness (QED) is 0.585. The summed E-state index contributed by atoms with van der Waals surface area (Å²) in [4.78, 5) is 0. The second kappa shape index (κ2) is 7.40. The van der Waals surface area contributed by atoms with E-state index >= 15 is 0 Å². The van der Waals surface area contributed by atoms with Crippen LogP contribution < -0.4 is 0 Å². The Morgan fingerprint density at radius 1 is 0.774 bits per heavy atom. The van der Waals surface area contributed by atoms with E-state index in [0.29, 0.717) is 36.9 Å². The molecule has 2 aliphatic heterocycles. The number of ether oxygens (including phenoxy) is 4. The smallest absolute Gasteiger partial charge is 0.174 e. The molecule has 0 aromatic rings. The lowest BCUT2D eigenvalue weighted by Crippen LogP contribution is -2.66. The molecule has 6 rings (SSSR count). The molecule has 2 spiro atoms. The van der Waals surface area contributed by atoms with Gasteiger partial charge in [-0.2, -0.15) is 0 Å². The van der Waals surface area contributed by atoms with Crippen molar-refractivity contribution in [3.63, 3.8) is 0 Å². The predicted molar refractivity (Wildman–Crippen MR) is 118 cm³/mol. The summed E-state index contributed by atoms with van der Waals surface area (Å²) in [6.07, 6.45) is 8.43. The van der Waals surface area contributed by atoms with E-state index < -0.39 is 11.4 Å². The van der Waals surface area contributed by atoms with Gasteiger partial charge >= 0.3 is 0 Å². The van der Waals surface area contributed by atoms with Crippen molar-refractivity contribution in [1.29, 1.82) is 0 Å². The summed E-state index contributed by atoms with van der Waals surface area (Å²) in [6, 6.07) is 0. The number of hydrogen-bond acceptors (Lipinski definition) is 5. The minimum atomic E-state index is -0.697. The van der Waals surface area contributed by atoms with Crippen LogP contribution in [0.15, 0.2) is 0 Å². The van der Waals surface area contributed by atoms with Crippen molar-refractivity contribution >= 4 is 0 Å². The summed E-state index contributed by atoms with van der Waals surface area (Å²) in [5.74, 6) is 1.24. The Hall–Kier alpha value is -0.200. The van der Waals surface area contributed by atoms with Gasteiger partial charge in [0, 0.05) is 24.7 Å². The zero-order valence-electron chi connectivity index (χ0n) is 20.4. The molecule has 6 aliphatic rings. The summed E-state index contributed by atoms with van der Waals surface area (Å²) in [7, 11) is 0. The van der Waals surface area contributed by atoms with Gasteiger partial charge in [0.05, 0.1) is 32.0 Å². The Bertz CT molecular complexity index is 679. The molecule has 0 bridgehead atoms. The Balaban J connectivity index is 0.000000994. The van der Waals surface area contributed by atoms with E-state index in [1.54, 1.807) is 0 Å². The monoisotopic (exact) mass is 436 g/mol. The van der Waals surface area contributed by atoms with Crippen molar-refractivity contribution in [2.45, 2.75) is 103 Å². The summed E-state index contributed by atoms with van der Waals surface area (Å²) in [5, 5.41) is 12.0. The second-order valence-corrected chi connectivity index (χ2v) is 11.8. The standard InChI is InChI=1S/C24H38O5.C2H6/c1-20-8-9-23(26-10-11-27-23)14-16(20)4-5-17-18-6-7-24(28-12-13-29-24)21(18,2)15-22(3,25)19(17)20;1-2/h16-19,25H,4-15H2,1-3H3;1-2H3/t16?,17?,18?,19-,20?,21?,22-;/m0./s1. The molecule has 2 heterocycles. The highest BCUT2D eigenvalue weighted by molar-refractivity contribution is 5.18. The van der Waals surface area contributed by atoms with Crippen LogP contribution in [0.4, 0.5) is 0 Å². The molecule has 31 heavy (non-hydrogen) atoms. The summed E-state index contributed by atoms with van der Waals surface area (Å²) >= 11 is 0. The van der Waals surface area contributed by atoms with Crippen LogP contribution in [0.25, 0.3) is 0 Å². The topological polar surface area (TPSA) is 57.2 Å². The lowest BCUT2D eigenvalue weighted by molar-refractivity contribution is -0.294. The van der Waals surface area contributed by atoms with E-state index in [1.165, 1.54) is 19.3 Å². The molecule has 0 amide bonds. The normalized spacial score (nSPS) is 51.7. The number of fused-ring (bicyclic) bond motifs is 6. The number of aliphatic hydroxyl groups is 1. The van der Waals surface area contributed by atoms with Crippen molar-refractivity contribution in [1.82, 2.24) is 0 Å². The predicted octanol–water partition coefficient (Wildman–Crippen LogP) is 4.90. The van der Waals surface area contributed by atoms with Gasteiger partial charge in [-0.25, -0.2) is 0 Å². The number of hydrogen-bond donors (Lipinski definition) is 1. The van der Waals surface area contributed by atoms with Gasteiger partial charge in [0.15, 0.2) is 11.6 Å². The van der Waals surface area contributed by atoms with Crippen LogP contribution in [0.1, 0.15) is 86.0 Å². The van der Waals surface area contributed by atoms with Gasteiger partial charge in [0.2, 0.25) is 0 Å². The molecule has 4 aliphatic carbocycles. The molecule has 4 saturated carbocycles. The fourth-order valence-corrected chi connectivity index (χ4v) is 9.60. The lowest BCUT2D eigenvalue weighted by atomic mass is 9.41. The summed E-state index contributed by atoms with van der Waals surface area (Å²) in [5.41, 5.74) is -0.635. The first kappa shape index (κ1) is 22.6. The number of rotatable bonds is 0. The van der Waals surface area contributed by atoms with E-state index in [1.807, 2.05) is 13.8 Å². The molecule has 6 fully saturated rings. The molecule has 178 valence electrons. The van der Waals surface area contributed by atoms with Gasteiger partial charge in [0.1, 0.15) is 0 Å². The molecule has 0 aromatic carbocycles. The molecule has 7 atom stereocenters. The highest BCUT2D eigenvalue weighted by Gasteiger charge is 2.72. The molecule has 5 unspecified atom stereocenters. The van der Waals surface area contributed by atoms with Gasteiger partial charge in [-0.05, 0) is 68.1 Å². The van der Waals surface area contributed by atoms with E-state index in [4.69, 9.17) is 18.9 Å². The molecule has 5 nitrogen and oxygen atoms in total. The highest BCUT2D eigenvalue weighted by Crippen LogP contribution is 2.72. The maximum absolute atomic E-state index is 12.0. The minimum Gasteiger partial charge on any atom is -0.390 e. The van der Waals surface area contributed by atoms with Crippen molar-refractivity contribution < 1.29 is 24.1 Å². The Kier molecular flexibility index (Phi) is 5.39. The van der Waals surface area contributed by atoms with Crippen molar-refractivity contribution in [3.05, 3.63) is 0 Å². The zero-order chi connectivity index (χ0) is 22.1. The van der Waals surface area contributed by atoms with Gasteiger partial charge in [-0.15, -0.1) is 0 Å². The first-order valence-electron chi connectivity index (χ1n) is 13.0. The molecule has 1 N–H and O–H groups in total. The van der Waals surface area contributed by atoms with Crippen LogP contribution in [0.3, 0.4) is 0 Å². The third kappa shape index (κ3) is 2.99. The third-order valence-electron chi connectivity index (χ3n) is 10.5. The molecular weight excluding hydrogens is 392 g/mol. The van der Waals surface area contributed by atoms with E-state index in [2.05, 4.69) is 20.8 Å². The Labute approximate surface area is 188 Å². The Morgan fingerprint density at radius 2 is 1.42 bits per heavy atom. The second-order valence-electron chi connectivity index (χ2n) is 11.8. The average molecular weight is 437 g/mol. The fourth-order valence-electron chi connectivity index (χ4n) is 9.60. The molecule has 0 aromatic heterocycles. The largest absolute Gasteiger partial charge is 0.390 e. The van der Waals surface area contributed by atoms with Gasteiger partial charge in [0.25, 0.3) is 0 Å². The van der Waals surface area contributed by atoms with Crippen LogP contribution in [0.5, 0.6) is 0 Å². The fraction of sp³-hybridized carbons (Fsp3) is 1.00. The first-order chi connectivity index (χ1) is 14.7. The summed E-state index contributed by atoms with van der Waals surface area (Å²) < 4.78 is 24.7. The van der Waals surface area contributed by atoms with Crippen LogP contribution >= 0.6 is 0 Å². The molecule has 5 heteroatoms. The van der Waals surface area contributed by atoms with Crippen LogP contribution in [0.2, 0.25) is 0 Å². The maximum Gasteiger partial charge on any atom is 0.174 e. The first-order valence-corrected chi connectivity index (χ1v) is 13.0. The van der Waals surface area contributed by atoms with E-state index in [-0.39, 0.29) is 16.6 Å². The molecule has 2 saturated heterocycles. The van der Waals surface area contributed by atoms with Crippen LogP contribution in [-0.2, 0) is 18.9 Å². The van der Waals surface area contributed by atoms with Gasteiger partial charge in [-0.1, -0.05) is 27.7 Å². The summed E-state index contributed by atoms with van der Waals surface area (Å²) in [6.45, 7) is 13.8. The van der Waals surface area contributed by atoms with Crippen LogP contribution in [-0.4, -0.2) is 48.7 Å². The van der Waals surface area contributed by atoms with Crippen molar-refractivity contribution in [2.24, 2.45) is 34.5 Å². The third-order valence-corrected chi connectivity index (χ3v) is 10.5. The van der Waals surface area contributed by atoms with Crippen molar-refractivity contribution in [2.75, 3.05) is 26.4 Å². The van der Waals surface area contributed by atoms with E-state index in [0.717, 1.165) is 45.3 Å². The van der Waals surface area contributed by atoms with Gasteiger partial charge < -0.3 is 24.1 Å². The maximum atomic E-state index is 12.0. The van der Waals surface area contributed by atoms with Crippen LogP contribution in [0, 0.1) is 34.5 Å². The molecule has 0 radical (unpaired) electrons. The molecular formula is C26H44O5. The highest BCUT2D eigenvalue weighted by atomic mass is 16.7. The van der Waals surface area contributed by atoms with E-state index in [9.17, 15) is 5.11 Å². The minimum absolute atomic E-state index is 0.0923. The Morgan fingerprint density at radius 3 is 2.10 bits per heavy atom.